The van der Waals surface area contributed by atoms with Crippen LogP contribution in [0.25, 0.3) is 0 Å². The lowest BCUT2D eigenvalue weighted by Crippen LogP contribution is -2.19. The standard InChI is InChI=1S/C13H17F2N3O2/c1-17-5-4-9(8-17)7-16-12-3-2-10(18(19)20)6-11(12)13(14)15/h2-3,6,9,13,16H,4-5,7-8H2,1H3. The summed E-state index contributed by atoms with van der Waals surface area (Å²) in [5, 5.41) is 13.6. The van der Waals surface area contributed by atoms with Crippen molar-refractivity contribution in [3.63, 3.8) is 0 Å². The summed E-state index contributed by atoms with van der Waals surface area (Å²) < 4.78 is 25.9. The molecule has 1 unspecified atom stereocenters. The molecule has 0 saturated carbocycles. The fourth-order valence-corrected chi connectivity index (χ4v) is 2.45. The highest BCUT2D eigenvalue weighted by atomic mass is 19.3. The number of nitrogens with one attached hydrogen (secondary N) is 1. The van der Waals surface area contributed by atoms with Crippen LogP contribution in [0.4, 0.5) is 20.2 Å². The number of nitro benzene ring substituents is 1. The maximum absolute atomic E-state index is 13.0. The van der Waals surface area contributed by atoms with Crippen molar-refractivity contribution in [1.29, 1.82) is 0 Å². The number of anilines is 1. The molecule has 1 heterocycles. The smallest absolute Gasteiger partial charge is 0.270 e. The Balaban J connectivity index is 2.08. The van der Waals surface area contributed by atoms with Crippen LogP contribution >= 0.6 is 0 Å². The summed E-state index contributed by atoms with van der Waals surface area (Å²) >= 11 is 0. The van der Waals surface area contributed by atoms with Gasteiger partial charge in [-0.3, -0.25) is 10.1 Å². The number of benzene rings is 1. The molecule has 0 bridgehead atoms. The van der Waals surface area contributed by atoms with Crippen LogP contribution in [0.5, 0.6) is 0 Å². The minimum Gasteiger partial charge on any atom is -0.384 e. The summed E-state index contributed by atoms with van der Waals surface area (Å²) in [6.45, 7) is 2.54. The fourth-order valence-electron chi connectivity index (χ4n) is 2.45. The number of nitro groups is 1. The zero-order valence-electron chi connectivity index (χ0n) is 11.2. The second kappa shape index (κ2) is 6.13. The van der Waals surface area contributed by atoms with Crippen molar-refractivity contribution in [2.24, 2.45) is 5.92 Å². The van der Waals surface area contributed by atoms with E-state index in [1.54, 1.807) is 0 Å². The molecule has 0 amide bonds. The summed E-state index contributed by atoms with van der Waals surface area (Å²) in [6.07, 6.45) is -1.70. The van der Waals surface area contributed by atoms with Gasteiger partial charge in [-0.25, -0.2) is 8.78 Å². The Morgan fingerprint density at radius 2 is 2.30 bits per heavy atom. The zero-order chi connectivity index (χ0) is 14.7. The SMILES string of the molecule is CN1CCC(CNc2ccc([N+](=O)[O-])cc2C(F)F)C1. The highest BCUT2D eigenvalue weighted by Crippen LogP contribution is 2.31. The molecule has 1 aromatic rings. The van der Waals surface area contributed by atoms with Crippen LogP contribution in [0.2, 0.25) is 0 Å². The summed E-state index contributed by atoms with van der Waals surface area (Å²) in [5.41, 5.74) is -0.350. The van der Waals surface area contributed by atoms with Gasteiger partial charge in [-0.2, -0.15) is 0 Å². The van der Waals surface area contributed by atoms with E-state index in [-0.39, 0.29) is 16.9 Å². The predicted molar refractivity (Wildman–Crippen MR) is 72.1 cm³/mol. The molecule has 5 nitrogen and oxygen atoms in total. The van der Waals surface area contributed by atoms with Crippen molar-refractivity contribution < 1.29 is 13.7 Å². The number of likely N-dealkylation sites (tertiary alicyclic amines) is 1. The Kier molecular flexibility index (Phi) is 4.49. The third-order valence-corrected chi connectivity index (χ3v) is 3.55. The Labute approximate surface area is 115 Å². The molecule has 1 aromatic carbocycles. The number of hydrogen-bond acceptors (Lipinski definition) is 4. The van der Waals surface area contributed by atoms with Crippen LogP contribution in [0.1, 0.15) is 18.4 Å². The van der Waals surface area contributed by atoms with Crippen LogP contribution in [-0.4, -0.2) is 36.5 Å². The van der Waals surface area contributed by atoms with Gasteiger partial charge < -0.3 is 10.2 Å². The van der Waals surface area contributed by atoms with Gasteiger partial charge in [0.1, 0.15) is 0 Å². The van der Waals surface area contributed by atoms with E-state index in [2.05, 4.69) is 10.2 Å². The zero-order valence-corrected chi connectivity index (χ0v) is 11.2. The van der Waals surface area contributed by atoms with Gasteiger partial charge in [-0.05, 0) is 32.0 Å². The monoisotopic (exact) mass is 285 g/mol. The van der Waals surface area contributed by atoms with Crippen LogP contribution < -0.4 is 5.32 Å². The molecule has 1 N–H and O–H groups in total. The first-order valence-electron chi connectivity index (χ1n) is 6.46. The van der Waals surface area contributed by atoms with Gasteiger partial charge in [-0.15, -0.1) is 0 Å². The average molecular weight is 285 g/mol. The number of non-ortho nitro benzene ring substituents is 1. The van der Waals surface area contributed by atoms with Gasteiger partial charge in [0.15, 0.2) is 0 Å². The number of hydrogen-bond donors (Lipinski definition) is 1. The summed E-state index contributed by atoms with van der Waals surface area (Å²) in [5.74, 6) is 0.417. The molecule has 7 heteroatoms. The summed E-state index contributed by atoms with van der Waals surface area (Å²) in [6, 6.07) is 3.54. The third kappa shape index (κ3) is 3.41. The van der Waals surface area contributed by atoms with Crippen molar-refractivity contribution in [2.75, 3.05) is 32.0 Å². The molecule has 1 saturated heterocycles. The summed E-state index contributed by atoms with van der Waals surface area (Å²) in [4.78, 5) is 12.2. The van der Waals surface area contributed by atoms with Gasteiger partial charge >= 0.3 is 0 Å². The maximum Gasteiger partial charge on any atom is 0.270 e. The molecule has 0 aliphatic carbocycles. The molecule has 1 atom stereocenters. The molecule has 1 aliphatic heterocycles. The first kappa shape index (κ1) is 14.6. The van der Waals surface area contributed by atoms with Crippen molar-refractivity contribution in [3.8, 4) is 0 Å². The second-order valence-electron chi connectivity index (χ2n) is 5.13. The van der Waals surface area contributed by atoms with Crippen LogP contribution in [0.15, 0.2) is 18.2 Å². The van der Waals surface area contributed by atoms with Crippen molar-refractivity contribution in [3.05, 3.63) is 33.9 Å². The van der Waals surface area contributed by atoms with Crippen molar-refractivity contribution >= 4 is 11.4 Å². The van der Waals surface area contributed by atoms with Gasteiger partial charge in [0.25, 0.3) is 12.1 Å². The largest absolute Gasteiger partial charge is 0.384 e. The average Bonchev–Trinajstić information content (AvgIpc) is 2.81. The number of halogens is 2. The Bertz CT molecular complexity index is 497. The minimum atomic E-state index is -2.73. The second-order valence-corrected chi connectivity index (χ2v) is 5.13. The van der Waals surface area contributed by atoms with Gasteiger partial charge in [0.2, 0.25) is 0 Å². The highest BCUT2D eigenvalue weighted by Gasteiger charge is 2.21. The van der Waals surface area contributed by atoms with Gasteiger partial charge in [0, 0.05) is 36.5 Å². The molecular formula is C13H17F2N3O2. The first-order valence-corrected chi connectivity index (χ1v) is 6.46. The Morgan fingerprint density at radius 3 is 2.85 bits per heavy atom. The first-order chi connectivity index (χ1) is 9.47. The molecule has 0 spiro atoms. The molecule has 0 aromatic heterocycles. The topological polar surface area (TPSA) is 58.4 Å². The van der Waals surface area contributed by atoms with Crippen molar-refractivity contribution in [2.45, 2.75) is 12.8 Å². The molecule has 1 aliphatic rings. The maximum atomic E-state index is 13.0. The lowest BCUT2D eigenvalue weighted by Gasteiger charge is -2.15. The van der Waals surface area contributed by atoms with Gasteiger partial charge in [0.05, 0.1) is 4.92 Å². The summed E-state index contributed by atoms with van der Waals surface area (Å²) in [7, 11) is 2.02. The molecule has 1 fully saturated rings. The van der Waals surface area contributed by atoms with Crippen LogP contribution in [-0.2, 0) is 0 Å². The Hall–Kier alpha value is -1.76. The molecule has 2 rings (SSSR count). The fraction of sp³-hybridized carbons (Fsp3) is 0.538. The predicted octanol–water partition coefficient (Wildman–Crippen LogP) is 2.90. The minimum absolute atomic E-state index is 0.278. The third-order valence-electron chi connectivity index (χ3n) is 3.55. The van der Waals surface area contributed by atoms with E-state index in [0.717, 1.165) is 25.6 Å². The molecular weight excluding hydrogens is 268 g/mol. The van der Waals surface area contributed by atoms with Crippen molar-refractivity contribution in [1.82, 2.24) is 4.90 Å². The number of nitrogens with zero attached hydrogens (tertiary/aromatic N) is 2. The van der Waals surface area contributed by atoms with Crippen LogP contribution in [0, 0.1) is 16.0 Å². The van der Waals surface area contributed by atoms with E-state index in [1.807, 2.05) is 7.05 Å². The van der Waals surface area contributed by atoms with E-state index < -0.39 is 11.3 Å². The molecule has 0 radical (unpaired) electrons. The lowest BCUT2D eigenvalue weighted by molar-refractivity contribution is -0.385. The van der Waals surface area contributed by atoms with Crippen LogP contribution in [0.3, 0.4) is 0 Å². The Morgan fingerprint density at radius 1 is 1.55 bits per heavy atom. The van der Waals surface area contributed by atoms with E-state index in [4.69, 9.17) is 0 Å². The quantitative estimate of drug-likeness (QED) is 0.667. The van der Waals surface area contributed by atoms with E-state index in [0.29, 0.717) is 12.5 Å². The lowest BCUT2D eigenvalue weighted by atomic mass is 10.1. The van der Waals surface area contributed by atoms with E-state index >= 15 is 0 Å². The highest BCUT2D eigenvalue weighted by molar-refractivity contribution is 5.56. The number of alkyl halides is 2. The molecule has 20 heavy (non-hydrogen) atoms. The molecule has 110 valence electrons. The number of rotatable bonds is 5. The van der Waals surface area contributed by atoms with Gasteiger partial charge in [-0.1, -0.05) is 0 Å². The van der Waals surface area contributed by atoms with E-state index in [1.165, 1.54) is 12.1 Å². The van der Waals surface area contributed by atoms with E-state index in [9.17, 15) is 18.9 Å². The normalized spacial score (nSPS) is 19.5.